The van der Waals surface area contributed by atoms with Gasteiger partial charge >= 0.3 is 265 Å². The normalized spacial score (nSPS) is 17.1. The molecule has 0 bridgehead atoms. The van der Waals surface area contributed by atoms with Crippen LogP contribution in [0.4, 0.5) is 0 Å². The summed E-state index contributed by atoms with van der Waals surface area (Å²) in [5, 5.41) is 0. The average Bonchev–Trinajstić information content (AvgIpc) is 3.58. The molecule has 0 N–H and O–H groups in total. The van der Waals surface area contributed by atoms with Crippen molar-refractivity contribution in [1.82, 2.24) is 0 Å². The summed E-state index contributed by atoms with van der Waals surface area (Å²) in [6.45, 7) is 17.8. The van der Waals surface area contributed by atoms with Gasteiger partial charge in [0.25, 0.3) is 0 Å². The third-order valence-corrected chi connectivity index (χ3v) is 19.0. The summed E-state index contributed by atoms with van der Waals surface area (Å²) in [6, 6.07) is 26.9. The summed E-state index contributed by atoms with van der Waals surface area (Å²) < 4.78 is 15.2. The molecule has 0 aliphatic heterocycles. The van der Waals surface area contributed by atoms with E-state index in [4.69, 9.17) is 5.63 Å². The van der Waals surface area contributed by atoms with Crippen LogP contribution >= 0.6 is 0 Å². The minimum atomic E-state index is -4.37. The van der Waals surface area contributed by atoms with E-state index in [9.17, 15) is 0 Å². The van der Waals surface area contributed by atoms with Crippen molar-refractivity contribution in [3.63, 3.8) is 0 Å². The Morgan fingerprint density at radius 1 is 0.512 bits per heavy atom. The Kier molecular flexibility index (Phi) is 8.16. The van der Waals surface area contributed by atoms with Gasteiger partial charge in [-0.2, -0.15) is 0 Å². The molecule has 2 nitrogen and oxygen atoms in total. The molecule has 0 heterocycles. The Morgan fingerprint density at radius 3 is 1.21 bits per heavy atom. The summed E-state index contributed by atoms with van der Waals surface area (Å²) in [7, 11) is 0. The van der Waals surface area contributed by atoms with Gasteiger partial charge in [0.05, 0.1) is 0 Å². The van der Waals surface area contributed by atoms with Crippen LogP contribution in [0.15, 0.2) is 84.9 Å². The molecule has 6 rings (SSSR count). The van der Waals surface area contributed by atoms with Crippen LogP contribution in [0.2, 0.25) is 0 Å². The van der Waals surface area contributed by atoms with Gasteiger partial charge in [-0.15, -0.1) is 0 Å². The summed E-state index contributed by atoms with van der Waals surface area (Å²) >= 11 is -4.37. The van der Waals surface area contributed by atoms with Crippen molar-refractivity contribution < 1.29 is 26.8 Å². The first kappa shape index (κ1) is 29.9. The van der Waals surface area contributed by atoms with Crippen molar-refractivity contribution in [3.05, 3.63) is 141 Å². The quantitative estimate of drug-likeness (QED) is 0.189. The second-order valence-corrected chi connectivity index (χ2v) is 20.8. The fourth-order valence-corrected chi connectivity index (χ4v) is 16.5. The first-order chi connectivity index (χ1) is 20.6. The Morgan fingerprint density at radius 2 is 0.860 bits per heavy atom. The standard InChI is InChI=1S/2C11H11.2C9H12O.Zr/c2*1-8-6-10-4-3-5-11(10)7-9(8)2;2*1-7(2)8-3-5-9(10)6-4-8;/h2*3-7H,1-2H3;2*3-7,10H,1-2H3;/q;;;;+2/p-2. The Balaban J connectivity index is 1.57. The second-order valence-electron chi connectivity index (χ2n) is 13.2. The minimum absolute atomic E-state index is 0.0698. The molecular weight excluding hydrogens is 604 g/mol. The van der Waals surface area contributed by atoms with Gasteiger partial charge in [0.15, 0.2) is 0 Å². The van der Waals surface area contributed by atoms with Gasteiger partial charge in [-0.3, -0.25) is 0 Å². The van der Waals surface area contributed by atoms with E-state index in [1.807, 2.05) is 0 Å². The molecule has 4 aromatic carbocycles. The zero-order valence-corrected chi connectivity index (χ0v) is 29.3. The van der Waals surface area contributed by atoms with E-state index in [0.29, 0.717) is 11.8 Å². The van der Waals surface area contributed by atoms with Gasteiger partial charge in [0, 0.05) is 0 Å². The zero-order chi connectivity index (χ0) is 30.5. The van der Waals surface area contributed by atoms with E-state index < -0.39 is 21.1 Å². The van der Waals surface area contributed by atoms with E-state index in [1.54, 1.807) is 0 Å². The Hall–Kier alpha value is -3.16. The molecule has 0 radical (unpaired) electrons. The molecule has 0 saturated heterocycles. The maximum absolute atomic E-state index is 7.53. The van der Waals surface area contributed by atoms with Crippen LogP contribution < -0.4 is 5.63 Å². The number of hydrogen-bond acceptors (Lipinski definition) is 2. The predicted molar refractivity (Wildman–Crippen MR) is 178 cm³/mol. The maximum atomic E-state index is 7.53. The molecule has 220 valence electrons. The Bertz CT molecular complexity index is 1580. The van der Waals surface area contributed by atoms with Crippen LogP contribution in [0.3, 0.4) is 0 Å². The zero-order valence-electron chi connectivity index (χ0n) is 26.9. The first-order valence-corrected chi connectivity index (χ1v) is 20.6. The van der Waals surface area contributed by atoms with Gasteiger partial charge in [-0.25, -0.2) is 0 Å². The average molecular weight is 648 g/mol. The molecule has 3 heteroatoms. The number of allylic oxidation sites excluding steroid dienone is 2. The molecule has 4 aromatic rings. The van der Waals surface area contributed by atoms with Gasteiger partial charge in [-0.05, 0) is 0 Å². The Labute approximate surface area is 264 Å². The van der Waals surface area contributed by atoms with Crippen molar-refractivity contribution in [2.24, 2.45) is 0 Å². The molecule has 43 heavy (non-hydrogen) atoms. The number of fused-ring (bicyclic) bond motifs is 2. The third kappa shape index (κ3) is 5.62. The van der Waals surface area contributed by atoms with Crippen LogP contribution in [0.5, 0.6) is 11.5 Å². The van der Waals surface area contributed by atoms with E-state index in [1.165, 1.54) is 55.6 Å². The van der Waals surface area contributed by atoms with Crippen LogP contribution in [0.1, 0.15) is 102 Å². The molecule has 0 aromatic heterocycles. The molecule has 0 spiro atoms. The van der Waals surface area contributed by atoms with Crippen molar-refractivity contribution >= 4 is 12.2 Å². The summed E-state index contributed by atoms with van der Waals surface area (Å²) in [4.78, 5) is 0. The van der Waals surface area contributed by atoms with Gasteiger partial charge in [0.2, 0.25) is 0 Å². The molecule has 0 saturated carbocycles. The summed E-state index contributed by atoms with van der Waals surface area (Å²) in [5.74, 6) is 2.72. The molecule has 2 unspecified atom stereocenters. The van der Waals surface area contributed by atoms with Crippen LogP contribution in [-0.2, 0) is 21.1 Å². The van der Waals surface area contributed by atoms with Crippen LogP contribution in [-0.4, -0.2) is 0 Å². The van der Waals surface area contributed by atoms with E-state index in [-0.39, 0.29) is 7.25 Å². The van der Waals surface area contributed by atoms with Crippen LogP contribution in [0, 0.1) is 27.7 Å². The van der Waals surface area contributed by atoms with E-state index in [2.05, 4.69) is 152 Å². The summed E-state index contributed by atoms with van der Waals surface area (Å²) in [6.07, 6.45) is 9.37. The van der Waals surface area contributed by atoms with Crippen molar-refractivity contribution in [1.29, 1.82) is 0 Å². The van der Waals surface area contributed by atoms with Gasteiger partial charge in [0.1, 0.15) is 0 Å². The monoisotopic (exact) mass is 646 g/mol. The van der Waals surface area contributed by atoms with Crippen molar-refractivity contribution in [2.45, 2.75) is 74.5 Å². The third-order valence-electron chi connectivity index (χ3n) is 9.52. The number of rotatable bonds is 8. The molecule has 0 amide bonds. The fraction of sp³-hybridized carbons (Fsp3) is 0.300. The van der Waals surface area contributed by atoms with E-state index >= 15 is 0 Å². The topological polar surface area (TPSA) is 18.5 Å². The SMILES string of the molecule is Cc1cc2c(cc1C)[CH]([Zr]([O]c1ccc(C(C)C)cc1)([O]c1ccc(C(C)C)cc1)[CH]1C=Cc3cc(C)c(C)cc31)C=C2. The van der Waals surface area contributed by atoms with Gasteiger partial charge in [-0.1, -0.05) is 0 Å². The fourth-order valence-electron chi connectivity index (χ4n) is 6.54. The molecule has 2 aliphatic carbocycles. The number of hydrogen-bond donors (Lipinski definition) is 0. The predicted octanol–water partition coefficient (Wildman–Crippen LogP) is 11.1. The van der Waals surface area contributed by atoms with Crippen molar-refractivity contribution in [3.8, 4) is 11.5 Å². The second kappa shape index (κ2) is 11.7. The van der Waals surface area contributed by atoms with Crippen LogP contribution in [0.25, 0.3) is 12.2 Å². The number of benzene rings is 4. The molecular formula is C40H44O2Zr. The van der Waals surface area contributed by atoms with Gasteiger partial charge < -0.3 is 0 Å². The van der Waals surface area contributed by atoms with Crippen molar-refractivity contribution in [2.75, 3.05) is 0 Å². The number of aryl methyl sites for hydroxylation is 4. The molecule has 0 fully saturated rings. The first-order valence-electron chi connectivity index (χ1n) is 15.7. The summed E-state index contributed by atoms with van der Waals surface area (Å²) in [5.41, 5.74) is 13.1. The molecule has 2 atom stereocenters. The van der Waals surface area contributed by atoms with E-state index in [0.717, 1.165) is 11.5 Å². The molecule has 2 aliphatic rings.